The quantitative estimate of drug-likeness (QED) is 0.847. The standard InChI is InChI=1S/C15H21NO2S/c1-13-4-3-5-15(12-13)14-6-8-16(9-7-14)10-11-19(2,17)18/h3-6,12H,7-11H2,1-2H3. The summed E-state index contributed by atoms with van der Waals surface area (Å²) >= 11 is 0. The molecule has 0 aliphatic carbocycles. The molecule has 0 fully saturated rings. The first-order valence-electron chi connectivity index (χ1n) is 6.60. The average Bonchev–Trinajstić information content (AvgIpc) is 2.36. The number of nitrogens with zero attached hydrogens (tertiary/aromatic N) is 1. The topological polar surface area (TPSA) is 37.4 Å². The van der Waals surface area contributed by atoms with Gasteiger partial charge in [-0.05, 0) is 24.5 Å². The lowest BCUT2D eigenvalue weighted by molar-refractivity contribution is 0.319. The first-order chi connectivity index (χ1) is 8.94. The molecule has 0 amide bonds. The second kappa shape index (κ2) is 5.88. The fourth-order valence-electron chi connectivity index (χ4n) is 2.32. The fraction of sp³-hybridized carbons (Fsp3) is 0.467. The second-order valence-corrected chi connectivity index (χ2v) is 7.54. The van der Waals surface area contributed by atoms with Crippen LogP contribution >= 0.6 is 0 Å². The van der Waals surface area contributed by atoms with E-state index in [1.165, 1.54) is 23.0 Å². The molecule has 2 rings (SSSR count). The van der Waals surface area contributed by atoms with Crippen molar-refractivity contribution in [2.75, 3.05) is 31.6 Å². The van der Waals surface area contributed by atoms with Crippen LogP contribution in [-0.2, 0) is 9.84 Å². The molecular weight excluding hydrogens is 258 g/mol. The van der Waals surface area contributed by atoms with Gasteiger partial charge in [-0.3, -0.25) is 4.90 Å². The molecule has 0 aromatic heterocycles. The Bertz CT molecular complexity index is 576. The number of hydrogen-bond donors (Lipinski definition) is 0. The van der Waals surface area contributed by atoms with Crippen LogP contribution in [0, 0.1) is 6.92 Å². The van der Waals surface area contributed by atoms with E-state index in [4.69, 9.17) is 0 Å². The van der Waals surface area contributed by atoms with Crippen molar-refractivity contribution in [1.82, 2.24) is 4.90 Å². The fourth-order valence-corrected chi connectivity index (χ4v) is 2.91. The lowest BCUT2D eigenvalue weighted by Crippen LogP contribution is -2.32. The minimum Gasteiger partial charge on any atom is -0.298 e. The Morgan fingerprint density at radius 3 is 2.68 bits per heavy atom. The molecule has 1 aliphatic heterocycles. The Morgan fingerprint density at radius 2 is 2.11 bits per heavy atom. The first-order valence-corrected chi connectivity index (χ1v) is 8.66. The third-order valence-corrected chi connectivity index (χ3v) is 4.38. The number of hydrogen-bond acceptors (Lipinski definition) is 3. The zero-order valence-electron chi connectivity index (χ0n) is 11.6. The van der Waals surface area contributed by atoms with Crippen molar-refractivity contribution in [1.29, 1.82) is 0 Å². The molecule has 104 valence electrons. The van der Waals surface area contributed by atoms with Crippen LogP contribution in [-0.4, -0.2) is 45.0 Å². The van der Waals surface area contributed by atoms with Gasteiger partial charge in [-0.15, -0.1) is 0 Å². The molecule has 1 aromatic rings. The lowest BCUT2D eigenvalue weighted by Gasteiger charge is -2.26. The van der Waals surface area contributed by atoms with Crippen molar-refractivity contribution in [2.24, 2.45) is 0 Å². The van der Waals surface area contributed by atoms with E-state index < -0.39 is 9.84 Å². The molecule has 0 bridgehead atoms. The normalized spacial score (nSPS) is 17.3. The Hall–Kier alpha value is -1.13. The summed E-state index contributed by atoms with van der Waals surface area (Å²) < 4.78 is 22.3. The molecule has 0 radical (unpaired) electrons. The summed E-state index contributed by atoms with van der Waals surface area (Å²) in [6.45, 7) is 4.52. The monoisotopic (exact) mass is 279 g/mol. The van der Waals surface area contributed by atoms with Crippen LogP contribution in [0.3, 0.4) is 0 Å². The molecule has 1 aromatic carbocycles. The third kappa shape index (κ3) is 4.48. The highest BCUT2D eigenvalue weighted by molar-refractivity contribution is 7.90. The van der Waals surface area contributed by atoms with Gasteiger partial charge in [0, 0.05) is 25.9 Å². The van der Waals surface area contributed by atoms with Gasteiger partial charge in [-0.1, -0.05) is 35.9 Å². The minimum atomic E-state index is -2.86. The van der Waals surface area contributed by atoms with E-state index >= 15 is 0 Å². The van der Waals surface area contributed by atoms with Crippen molar-refractivity contribution in [3.05, 3.63) is 41.5 Å². The van der Waals surface area contributed by atoms with Crippen molar-refractivity contribution in [3.63, 3.8) is 0 Å². The van der Waals surface area contributed by atoms with Crippen LogP contribution in [0.4, 0.5) is 0 Å². The van der Waals surface area contributed by atoms with Crippen molar-refractivity contribution in [3.8, 4) is 0 Å². The van der Waals surface area contributed by atoms with E-state index in [0.717, 1.165) is 19.5 Å². The summed E-state index contributed by atoms with van der Waals surface area (Å²) in [5.41, 5.74) is 3.94. The maximum Gasteiger partial charge on any atom is 0.148 e. The van der Waals surface area contributed by atoms with Gasteiger partial charge >= 0.3 is 0 Å². The average molecular weight is 279 g/mol. The first kappa shape index (κ1) is 14.3. The summed E-state index contributed by atoms with van der Waals surface area (Å²) in [5, 5.41) is 0. The zero-order chi connectivity index (χ0) is 13.9. The van der Waals surface area contributed by atoms with Crippen LogP contribution in [0.25, 0.3) is 5.57 Å². The summed E-state index contributed by atoms with van der Waals surface area (Å²) in [7, 11) is -2.86. The molecular formula is C15H21NO2S. The van der Waals surface area contributed by atoms with Gasteiger partial charge in [-0.25, -0.2) is 8.42 Å². The SMILES string of the molecule is Cc1cccc(C2=CCN(CCS(C)(=O)=O)CC2)c1. The van der Waals surface area contributed by atoms with Gasteiger partial charge in [0.15, 0.2) is 0 Å². The maximum atomic E-state index is 11.2. The Labute approximate surface area is 115 Å². The summed E-state index contributed by atoms with van der Waals surface area (Å²) in [5.74, 6) is 0.251. The largest absolute Gasteiger partial charge is 0.298 e. The molecule has 0 unspecified atom stereocenters. The minimum absolute atomic E-state index is 0.251. The Morgan fingerprint density at radius 1 is 1.32 bits per heavy atom. The van der Waals surface area contributed by atoms with E-state index in [1.807, 2.05) is 0 Å². The highest BCUT2D eigenvalue weighted by Crippen LogP contribution is 2.22. The van der Waals surface area contributed by atoms with E-state index in [0.29, 0.717) is 6.54 Å². The van der Waals surface area contributed by atoms with E-state index in [2.05, 4.69) is 42.2 Å². The van der Waals surface area contributed by atoms with E-state index in [1.54, 1.807) is 0 Å². The van der Waals surface area contributed by atoms with E-state index in [-0.39, 0.29) is 5.75 Å². The molecule has 3 nitrogen and oxygen atoms in total. The van der Waals surface area contributed by atoms with Gasteiger partial charge in [0.05, 0.1) is 5.75 Å². The Kier molecular flexibility index (Phi) is 4.42. The van der Waals surface area contributed by atoms with Crippen molar-refractivity contribution >= 4 is 15.4 Å². The summed E-state index contributed by atoms with van der Waals surface area (Å²) in [6, 6.07) is 8.54. The molecule has 0 saturated heterocycles. The van der Waals surface area contributed by atoms with Crippen LogP contribution < -0.4 is 0 Å². The number of rotatable bonds is 4. The molecule has 0 atom stereocenters. The number of benzene rings is 1. The predicted molar refractivity (Wildman–Crippen MR) is 79.9 cm³/mol. The van der Waals surface area contributed by atoms with Gasteiger partial charge in [0.2, 0.25) is 0 Å². The van der Waals surface area contributed by atoms with Gasteiger partial charge in [0.1, 0.15) is 9.84 Å². The van der Waals surface area contributed by atoms with Gasteiger partial charge in [-0.2, -0.15) is 0 Å². The summed E-state index contributed by atoms with van der Waals surface area (Å²) in [6.07, 6.45) is 4.51. The molecule has 1 heterocycles. The smallest absolute Gasteiger partial charge is 0.148 e. The van der Waals surface area contributed by atoms with E-state index in [9.17, 15) is 8.42 Å². The molecule has 1 aliphatic rings. The number of aryl methyl sites for hydroxylation is 1. The molecule has 0 saturated carbocycles. The molecule has 0 spiro atoms. The van der Waals surface area contributed by atoms with Crippen LogP contribution in [0.1, 0.15) is 17.5 Å². The van der Waals surface area contributed by atoms with Crippen molar-refractivity contribution < 1.29 is 8.42 Å². The highest BCUT2D eigenvalue weighted by atomic mass is 32.2. The second-order valence-electron chi connectivity index (χ2n) is 5.28. The third-order valence-electron chi connectivity index (χ3n) is 3.46. The van der Waals surface area contributed by atoms with Gasteiger partial charge in [0.25, 0.3) is 0 Å². The zero-order valence-corrected chi connectivity index (χ0v) is 12.4. The number of sulfone groups is 1. The van der Waals surface area contributed by atoms with Crippen LogP contribution in [0.15, 0.2) is 30.3 Å². The lowest BCUT2D eigenvalue weighted by atomic mass is 9.98. The van der Waals surface area contributed by atoms with Crippen LogP contribution in [0.2, 0.25) is 0 Å². The van der Waals surface area contributed by atoms with Gasteiger partial charge < -0.3 is 0 Å². The van der Waals surface area contributed by atoms with Crippen LogP contribution in [0.5, 0.6) is 0 Å². The maximum absolute atomic E-state index is 11.2. The van der Waals surface area contributed by atoms with Crippen molar-refractivity contribution in [2.45, 2.75) is 13.3 Å². The molecule has 0 N–H and O–H groups in total. The molecule has 19 heavy (non-hydrogen) atoms. The molecule has 4 heteroatoms. The predicted octanol–water partition coefficient (Wildman–Crippen LogP) is 2.13. The Balaban J connectivity index is 1.96. The highest BCUT2D eigenvalue weighted by Gasteiger charge is 2.14. The summed E-state index contributed by atoms with van der Waals surface area (Å²) in [4.78, 5) is 2.19.